The second-order valence-corrected chi connectivity index (χ2v) is 6.41. The van der Waals surface area contributed by atoms with Gasteiger partial charge in [0.05, 0.1) is 0 Å². The summed E-state index contributed by atoms with van der Waals surface area (Å²) in [6.07, 6.45) is 6.50. The van der Waals surface area contributed by atoms with Crippen molar-refractivity contribution in [1.82, 2.24) is 0 Å². The van der Waals surface area contributed by atoms with E-state index in [0.29, 0.717) is 6.10 Å². The zero-order valence-corrected chi connectivity index (χ0v) is 11.8. The average Bonchev–Trinajstić information content (AvgIpc) is 2.28. The summed E-state index contributed by atoms with van der Waals surface area (Å²) in [5.74, 6) is 3.14. The van der Waals surface area contributed by atoms with Gasteiger partial charge in [0.2, 0.25) is 0 Å². The highest BCUT2D eigenvalue weighted by Gasteiger charge is 2.32. The Morgan fingerprint density at radius 2 is 2.00 bits per heavy atom. The van der Waals surface area contributed by atoms with Crippen LogP contribution in [0.2, 0.25) is 5.82 Å². The van der Waals surface area contributed by atoms with Crippen molar-refractivity contribution in [1.29, 1.82) is 0 Å². The minimum Gasteiger partial charge on any atom is -0.491 e. The van der Waals surface area contributed by atoms with Crippen LogP contribution in [0.25, 0.3) is 0 Å². The monoisotopic (exact) mass is 268 g/mol. The van der Waals surface area contributed by atoms with Crippen molar-refractivity contribution in [3.05, 3.63) is 23.5 Å². The highest BCUT2D eigenvalue weighted by atomic mass is 32.2. The molecule has 0 aromatic carbocycles. The molecule has 3 nitrogen and oxygen atoms in total. The Bertz CT molecular complexity index is 348. The van der Waals surface area contributed by atoms with E-state index in [4.69, 9.17) is 4.74 Å². The van der Waals surface area contributed by atoms with Crippen LogP contribution in [0.4, 0.5) is 0 Å². The summed E-state index contributed by atoms with van der Waals surface area (Å²) in [5.41, 5.74) is 0.986. The van der Waals surface area contributed by atoms with Gasteiger partial charge < -0.3 is 14.8 Å². The number of ether oxygens (including phenoxy) is 1. The predicted octanol–water partition coefficient (Wildman–Crippen LogP) is 2.22. The molecule has 18 heavy (non-hydrogen) atoms. The SMILES string of the molecule is CC1=CC(OC2CCSCC2)=CC(C)C1B(O)O. The normalized spacial score (nSPS) is 29.6. The van der Waals surface area contributed by atoms with Gasteiger partial charge >= 0.3 is 7.12 Å². The second-order valence-electron chi connectivity index (χ2n) is 5.19. The summed E-state index contributed by atoms with van der Waals surface area (Å²) >= 11 is 1.99. The fourth-order valence-electron chi connectivity index (χ4n) is 2.71. The molecular formula is C13H21BO3S. The summed E-state index contributed by atoms with van der Waals surface area (Å²) < 4.78 is 6.01. The Balaban J connectivity index is 2.00. The Hall–Kier alpha value is -0.385. The van der Waals surface area contributed by atoms with Crippen LogP contribution in [0, 0.1) is 5.92 Å². The van der Waals surface area contributed by atoms with E-state index in [1.54, 1.807) is 0 Å². The van der Waals surface area contributed by atoms with E-state index in [2.05, 4.69) is 0 Å². The van der Waals surface area contributed by atoms with Crippen molar-refractivity contribution >= 4 is 18.9 Å². The van der Waals surface area contributed by atoms with Crippen molar-refractivity contribution in [3.63, 3.8) is 0 Å². The number of hydrogen-bond acceptors (Lipinski definition) is 4. The summed E-state index contributed by atoms with van der Waals surface area (Å²) in [6.45, 7) is 3.94. The van der Waals surface area contributed by atoms with Crippen LogP contribution in [-0.4, -0.2) is 34.8 Å². The molecule has 2 unspecified atom stereocenters. The lowest BCUT2D eigenvalue weighted by molar-refractivity contribution is 0.115. The first kappa shape index (κ1) is 14.0. The van der Waals surface area contributed by atoms with Crippen LogP contribution in [-0.2, 0) is 4.74 Å². The quantitative estimate of drug-likeness (QED) is 0.771. The molecule has 1 fully saturated rings. The third-order valence-electron chi connectivity index (χ3n) is 3.68. The first-order valence-electron chi connectivity index (χ1n) is 6.58. The van der Waals surface area contributed by atoms with Gasteiger partial charge in [0.15, 0.2) is 0 Å². The maximum atomic E-state index is 9.37. The van der Waals surface area contributed by atoms with Gasteiger partial charge in [0.1, 0.15) is 11.9 Å². The third-order valence-corrected chi connectivity index (χ3v) is 4.73. The molecule has 0 aromatic heterocycles. The van der Waals surface area contributed by atoms with Crippen LogP contribution >= 0.6 is 11.8 Å². The molecule has 2 N–H and O–H groups in total. The molecule has 1 aliphatic carbocycles. The topological polar surface area (TPSA) is 49.7 Å². The molecule has 0 spiro atoms. The van der Waals surface area contributed by atoms with Crippen LogP contribution < -0.4 is 0 Å². The molecule has 1 heterocycles. The molecule has 2 aliphatic rings. The molecule has 100 valence electrons. The van der Waals surface area contributed by atoms with Crippen molar-refractivity contribution in [2.24, 2.45) is 5.92 Å². The summed E-state index contributed by atoms with van der Waals surface area (Å²) in [6, 6.07) is 0. The van der Waals surface area contributed by atoms with Gasteiger partial charge in [-0.25, -0.2) is 0 Å². The van der Waals surface area contributed by atoms with E-state index in [9.17, 15) is 10.0 Å². The molecule has 0 radical (unpaired) electrons. The van der Waals surface area contributed by atoms with Gasteiger partial charge in [-0.15, -0.1) is 0 Å². The standard InChI is InChI=1S/C13H21BO3S/c1-9-7-12(8-10(2)13(9)14(15)16)17-11-3-5-18-6-4-11/h7-9,11,13,15-16H,3-6H2,1-2H3. The zero-order chi connectivity index (χ0) is 13.1. The summed E-state index contributed by atoms with van der Waals surface area (Å²) in [5, 5.41) is 18.7. The lowest BCUT2D eigenvalue weighted by atomic mass is 9.61. The minimum atomic E-state index is -1.29. The molecule has 1 aliphatic heterocycles. The van der Waals surface area contributed by atoms with Gasteiger partial charge in [0.25, 0.3) is 0 Å². The number of allylic oxidation sites excluding steroid dienone is 3. The smallest absolute Gasteiger partial charge is 0.459 e. The fraction of sp³-hybridized carbons (Fsp3) is 0.692. The summed E-state index contributed by atoms with van der Waals surface area (Å²) in [4.78, 5) is 0. The van der Waals surface area contributed by atoms with Crippen LogP contribution in [0.1, 0.15) is 26.7 Å². The Kier molecular flexibility index (Phi) is 4.81. The van der Waals surface area contributed by atoms with Crippen LogP contribution in [0.15, 0.2) is 23.5 Å². The number of rotatable bonds is 3. The molecule has 2 rings (SSSR count). The Morgan fingerprint density at radius 1 is 1.33 bits per heavy atom. The minimum absolute atomic E-state index is 0.1000. The van der Waals surface area contributed by atoms with E-state index in [-0.39, 0.29) is 11.7 Å². The number of thioether (sulfide) groups is 1. The van der Waals surface area contributed by atoms with Crippen molar-refractivity contribution in [2.75, 3.05) is 11.5 Å². The molecular weight excluding hydrogens is 247 g/mol. The molecule has 0 saturated carbocycles. The first-order chi connectivity index (χ1) is 8.58. The van der Waals surface area contributed by atoms with E-state index in [1.165, 1.54) is 11.5 Å². The van der Waals surface area contributed by atoms with Gasteiger partial charge in [-0.05, 0) is 49.3 Å². The predicted molar refractivity (Wildman–Crippen MR) is 76.4 cm³/mol. The highest BCUT2D eigenvalue weighted by Crippen LogP contribution is 2.36. The van der Waals surface area contributed by atoms with Crippen LogP contribution in [0.3, 0.4) is 0 Å². The second kappa shape index (κ2) is 6.17. The van der Waals surface area contributed by atoms with E-state index in [1.807, 2.05) is 37.8 Å². The first-order valence-corrected chi connectivity index (χ1v) is 7.74. The zero-order valence-electron chi connectivity index (χ0n) is 11.0. The average molecular weight is 268 g/mol. The van der Waals surface area contributed by atoms with E-state index < -0.39 is 7.12 Å². The van der Waals surface area contributed by atoms with Crippen molar-refractivity contribution in [2.45, 2.75) is 38.6 Å². The van der Waals surface area contributed by atoms with Crippen molar-refractivity contribution < 1.29 is 14.8 Å². The molecule has 5 heteroatoms. The largest absolute Gasteiger partial charge is 0.491 e. The van der Waals surface area contributed by atoms with Gasteiger partial charge in [-0.3, -0.25) is 0 Å². The number of hydrogen-bond donors (Lipinski definition) is 2. The molecule has 2 atom stereocenters. The van der Waals surface area contributed by atoms with Gasteiger partial charge in [0, 0.05) is 5.82 Å². The molecule has 0 bridgehead atoms. The van der Waals surface area contributed by atoms with E-state index in [0.717, 1.165) is 24.2 Å². The van der Waals surface area contributed by atoms with Gasteiger partial charge in [-0.2, -0.15) is 11.8 Å². The fourth-order valence-corrected chi connectivity index (χ4v) is 3.78. The summed E-state index contributed by atoms with van der Waals surface area (Å²) in [7, 11) is -1.29. The van der Waals surface area contributed by atoms with E-state index >= 15 is 0 Å². The molecule has 0 amide bonds. The van der Waals surface area contributed by atoms with Crippen LogP contribution in [0.5, 0.6) is 0 Å². The molecule has 1 saturated heterocycles. The lowest BCUT2D eigenvalue weighted by Crippen LogP contribution is -2.28. The maximum Gasteiger partial charge on any atom is 0.459 e. The van der Waals surface area contributed by atoms with Gasteiger partial charge in [-0.1, -0.05) is 12.5 Å². The maximum absolute atomic E-state index is 9.37. The Labute approximate surface area is 113 Å². The van der Waals surface area contributed by atoms with Crippen molar-refractivity contribution in [3.8, 4) is 0 Å². The third kappa shape index (κ3) is 3.34. The highest BCUT2D eigenvalue weighted by molar-refractivity contribution is 7.99. The Morgan fingerprint density at radius 3 is 2.56 bits per heavy atom. The molecule has 0 aromatic rings. The lowest BCUT2D eigenvalue weighted by Gasteiger charge is -2.29.